The molecule has 3 aliphatic heterocycles. The van der Waals surface area contributed by atoms with Gasteiger partial charge in [0.15, 0.2) is 0 Å². The van der Waals surface area contributed by atoms with Crippen LogP contribution in [0.1, 0.15) is 35.4 Å². The molecule has 1 amide bonds. The molecule has 2 fully saturated rings. The molecule has 0 saturated carbocycles. The Morgan fingerprint density at radius 1 is 1.12 bits per heavy atom. The molecular formula is C25H31N3O5S. The van der Waals surface area contributed by atoms with E-state index in [0.717, 1.165) is 42.9 Å². The number of aryl methyl sites for hydroxylation is 1. The normalized spacial score (nSPS) is 22.7. The molecule has 0 bridgehead atoms. The first-order chi connectivity index (χ1) is 16.3. The van der Waals surface area contributed by atoms with Crippen LogP contribution < -0.4 is 4.90 Å². The van der Waals surface area contributed by atoms with Crippen molar-refractivity contribution in [3.05, 3.63) is 46.8 Å². The van der Waals surface area contributed by atoms with Crippen LogP contribution in [0.15, 0.2) is 29.2 Å². The maximum absolute atomic E-state index is 13.2. The molecule has 2 aromatic rings. The highest BCUT2D eigenvalue weighted by molar-refractivity contribution is 7.89. The zero-order chi connectivity index (χ0) is 24.0. The second-order valence-corrected chi connectivity index (χ2v) is 11.1. The van der Waals surface area contributed by atoms with Gasteiger partial charge in [-0.25, -0.2) is 8.42 Å². The third-order valence-electron chi connectivity index (χ3n) is 7.09. The SMILES string of the molecule is Cc1cc(/C=C2\C(=O)N(C)c3ccc(S(=O)(=O)N4CCOCC4)cc32)c(C)n1CC1CCCO1. The van der Waals surface area contributed by atoms with Crippen LogP contribution in [0.5, 0.6) is 0 Å². The molecule has 5 rings (SSSR count). The van der Waals surface area contributed by atoms with Crippen molar-refractivity contribution in [3.8, 4) is 0 Å². The number of carbonyl (C=O) groups is 1. The number of sulfonamides is 1. The monoisotopic (exact) mass is 485 g/mol. The lowest BCUT2D eigenvalue weighted by molar-refractivity contribution is -0.112. The predicted octanol–water partition coefficient (Wildman–Crippen LogP) is 2.82. The van der Waals surface area contributed by atoms with Gasteiger partial charge >= 0.3 is 0 Å². The number of amides is 1. The van der Waals surface area contributed by atoms with Crippen molar-refractivity contribution in [3.63, 3.8) is 0 Å². The van der Waals surface area contributed by atoms with Gasteiger partial charge in [-0.2, -0.15) is 4.31 Å². The summed E-state index contributed by atoms with van der Waals surface area (Å²) in [6.45, 7) is 7.16. The lowest BCUT2D eigenvalue weighted by atomic mass is 10.0. The molecular weight excluding hydrogens is 454 g/mol. The first-order valence-electron chi connectivity index (χ1n) is 11.8. The smallest absolute Gasteiger partial charge is 0.258 e. The van der Waals surface area contributed by atoms with Gasteiger partial charge in [0, 0.05) is 55.8 Å². The Bertz CT molecular complexity index is 1250. The topological polar surface area (TPSA) is 81.1 Å². The van der Waals surface area contributed by atoms with Crippen LogP contribution in [0.25, 0.3) is 11.6 Å². The molecule has 34 heavy (non-hydrogen) atoms. The summed E-state index contributed by atoms with van der Waals surface area (Å²) < 4.78 is 41.2. The molecule has 1 aromatic carbocycles. The number of benzene rings is 1. The molecule has 0 radical (unpaired) electrons. The number of fused-ring (bicyclic) bond motifs is 1. The lowest BCUT2D eigenvalue weighted by Crippen LogP contribution is -2.40. The predicted molar refractivity (Wildman–Crippen MR) is 130 cm³/mol. The van der Waals surface area contributed by atoms with E-state index in [2.05, 4.69) is 24.5 Å². The third kappa shape index (κ3) is 4.00. The van der Waals surface area contributed by atoms with E-state index in [9.17, 15) is 13.2 Å². The van der Waals surface area contributed by atoms with Crippen LogP contribution in [0.3, 0.4) is 0 Å². The fraction of sp³-hybridized carbons (Fsp3) is 0.480. The molecule has 182 valence electrons. The van der Waals surface area contributed by atoms with Crippen molar-refractivity contribution in [2.24, 2.45) is 0 Å². The summed E-state index contributed by atoms with van der Waals surface area (Å²) in [6, 6.07) is 7.03. The van der Waals surface area contributed by atoms with Crippen molar-refractivity contribution in [2.75, 3.05) is 44.9 Å². The number of anilines is 1. The maximum atomic E-state index is 13.2. The van der Waals surface area contributed by atoms with Gasteiger partial charge in [-0.15, -0.1) is 0 Å². The number of rotatable bonds is 5. The maximum Gasteiger partial charge on any atom is 0.258 e. The molecule has 1 atom stereocenters. The van der Waals surface area contributed by atoms with Gasteiger partial charge in [0.2, 0.25) is 10.0 Å². The van der Waals surface area contributed by atoms with E-state index < -0.39 is 10.0 Å². The molecule has 3 aliphatic rings. The summed E-state index contributed by atoms with van der Waals surface area (Å²) in [5.41, 5.74) is 5.01. The second-order valence-electron chi connectivity index (χ2n) is 9.19. The van der Waals surface area contributed by atoms with Gasteiger partial charge < -0.3 is 18.9 Å². The molecule has 0 N–H and O–H groups in total. The summed E-state index contributed by atoms with van der Waals surface area (Å²) in [4.78, 5) is 14.9. The van der Waals surface area contributed by atoms with Crippen molar-refractivity contribution in [2.45, 2.75) is 44.2 Å². The van der Waals surface area contributed by atoms with Gasteiger partial charge in [-0.05, 0) is 62.6 Å². The van der Waals surface area contributed by atoms with E-state index in [4.69, 9.17) is 9.47 Å². The van der Waals surface area contributed by atoms with Crippen LogP contribution in [-0.4, -0.2) is 69.3 Å². The molecule has 9 heteroatoms. The number of nitrogens with zero attached hydrogens (tertiary/aromatic N) is 3. The van der Waals surface area contributed by atoms with Crippen LogP contribution in [0, 0.1) is 13.8 Å². The van der Waals surface area contributed by atoms with E-state index in [1.807, 2.05) is 6.08 Å². The highest BCUT2D eigenvalue weighted by Gasteiger charge is 2.33. The number of ether oxygens (including phenoxy) is 2. The summed E-state index contributed by atoms with van der Waals surface area (Å²) >= 11 is 0. The Morgan fingerprint density at radius 3 is 2.59 bits per heavy atom. The Kier molecular flexibility index (Phi) is 6.14. The average Bonchev–Trinajstić information content (AvgIpc) is 3.51. The Hall–Kier alpha value is -2.46. The Balaban J connectivity index is 1.52. The largest absolute Gasteiger partial charge is 0.379 e. The van der Waals surface area contributed by atoms with Crippen LogP contribution in [-0.2, 0) is 30.8 Å². The lowest BCUT2D eigenvalue weighted by Gasteiger charge is -2.26. The zero-order valence-corrected chi connectivity index (χ0v) is 20.7. The number of hydrogen-bond acceptors (Lipinski definition) is 5. The number of aromatic nitrogens is 1. The molecule has 1 unspecified atom stereocenters. The number of hydrogen-bond donors (Lipinski definition) is 0. The van der Waals surface area contributed by atoms with Crippen LogP contribution >= 0.6 is 0 Å². The summed E-state index contributed by atoms with van der Waals surface area (Å²) in [6.07, 6.45) is 4.27. The minimum Gasteiger partial charge on any atom is -0.379 e. The molecule has 2 saturated heterocycles. The zero-order valence-electron chi connectivity index (χ0n) is 19.9. The van der Waals surface area contributed by atoms with Crippen molar-refractivity contribution in [1.82, 2.24) is 8.87 Å². The Labute approximate surface area is 200 Å². The quantitative estimate of drug-likeness (QED) is 0.609. The van der Waals surface area contributed by atoms with Crippen molar-refractivity contribution in [1.29, 1.82) is 0 Å². The first-order valence-corrected chi connectivity index (χ1v) is 13.2. The van der Waals surface area contributed by atoms with E-state index in [-0.39, 0.29) is 16.9 Å². The van der Waals surface area contributed by atoms with Gasteiger partial charge in [0.1, 0.15) is 0 Å². The highest BCUT2D eigenvalue weighted by Crippen LogP contribution is 2.39. The van der Waals surface area contributed by atoms with Gasteiger partial charge in [0.05, 0.1) is 29.9 Å². The Morgan fingerprint density at radius 2 is 1.88 bits per heavy atom. The molecule has 0 aliphatic carbocycles. The van der Waals surface area contributed by atoms with Crippen molar-refractivity contribution >= 4 is 33.3 Å². The summed E-state index contributed by atoms with van der Waals surface area (Å²) in [7, 11) is -1.94. The number of likely N-dealkylation sites (N-methyl/N-ethyl adjacent to an activating group) is 1. The molecule has 4 heterocycles. The molecule has 0 spiro atoms. The number of carbonyl (C=O) groups excluding carboxylic acids is 1. The molecule has 1 aromatic heterocycles. The minimum atomic E-state index is -3.66. The fourth-order valence-electron chi connectivity index (χ4n) is 5.07. The highest BCUT2D eigenvalue weighted by atomic mass is 32.2. The van der Waals surface area contributed by atoms with E-state index in [1.165, 1.54) is 4.31 Å². The fourth-order valence-corrected chi connectivity index (χ4v) is 6.50. The van der Waals surface area contributed by atoms with Crippen LogP contribution in [0.2, 0.25) is 0 Å². The molecule has 8 nitrogen and oxygen atoms in total. The standard InChI is InChI=1S/C25H31N3O5S/c1-17-13-19(18(2)28(17)16-20-5-4-10-33-20)14-23-22-15-21(6-7-24(22)26(3)25(23)29)34(30,31)27-8-11-32-12-9-27/h6-7,13-15,20H,4-5,8-12,16H2,1-3H3/b23-14-. The van der Waals surface area contributed by atoms with Crippen LogP contribution in [0.4, 0.5) is 5.69 Å². The van der Waals surface area contributed by atoms with Gasteiger partial charge in [0.25, 0.3) is 5.91 Å². The summed E-state index contributed by atoms with van der Waals surface area (Å²) in [5, 5.41) is 0. The minimum absolute atomic E-state index is 0.139. The first kappa shape index (κ1) is 23.3. The van der Waals surface area contributed by atoms with E-state index >= 15 is 0 Å². The van der Waals surface area contributed by atoms with E-state index in [1.54, 1.807) is 30.1 Å². The van der Waals surface area contributed by atoms with Crippen molar-refractivity contribution < 1.29 is 22.7 Å². The van der Waals surface area contributed by atoms with E-state index in [0.29, 0.717) is 43.1 Å². The second kappa shape index (κ2) is 8.96. The van der Waals surface area contributed by atoms with Gasteiger partial charge in [-0.3, -0.25) is 4.79 Å². The third-order valence-corrected chi connectivity index (χ3v) is 8.98. The number of morpholine rings is 1. The average molecular weight is 486 g/mol. The van der Waals surface area contributed by atoms with Gasteiger partial charge in [-0.1, -0.05) is 0 Å². The summed E-state index contributed by atoms with van der Waals surface area (Å²) in [5.74, 6) is -0.139.